The van der Waals surface area contributed by atoms with Crippen molar-refractivity contribution in [2.75, 3.05) is 13.2 Å². The maximum atomic E-state index is 12.4. The monoisotopic (exact) mass is 405 g/mol. The van der Waals surface area contributed by atoms with Gasteiger partial charge >= 0.3 is 5.97 Å². The van der Waals surface area contributed by atoms with Crippen molar-refractivity contribution in [1.82, 2.24) is 15.1 Å². The van der Waals surface area contributed by atoms with Gasteiger partial charge in [0.05, 0.1) is 23.7 Å². The van der Waals surface area contributed by atoms with Gasteiger partial charge in [-0.1, -0.05) is 30.3 Å². The van der Waals surface area contributed by atoms with Crippen molar-refractivity contribution in [3.63, 3.8) is 0 Å². The molecule has 1 heterocycles. The number of carbonyl (C=O) groups is 2. The van der Waals surface area contributed by atoms with E-state index in [-0.39, 0.29) is 11.9 Å². The van der Waals surface area contributed by atoms with Crippen molar-refractivity contribution in [3.8, 4) is 5.69 Å². The molecular formula is C24H27N3O3. The summed E-state index contributed by atoms with van der Waals surface area (Å²) in [7, 11) is 0. The van der Waals surface area contributed by atoms with Gasteiger partial charge in [-0.3, -0.25) is 4.79 Å². The Morgan fingerprint density at radius 3 is 2.40 bits per heavy atom. The van der Waals surface area contributed by atoms with E-state index in [1.807, 2.05) is 37.3 Å². The molecule has 0 spiro atoms. The summed E-state index contributed by atoms with van der Waals surface area (Å²) in [5, 5.41) is 7.42. The highest BCUT2D eigenvalue weighted by molar-refractivity contribution is 5.94. The van der Waals surface area contributed by atoms with Crippen LogP contribution in [0.4, 0.5) is 0 Å². The lowest BCUT2D eigenvalue weighted by atomic mass is 10.1. The summed E-state index contributed by atoms with van der Waals surface area (Å²) in [6.07, 6.45) is 1.82. The van der Waals surface area contributed by atoms with Crippen LogP contribution < -0.4 is 5.32 Å². The molecule has 2 aromatic carbocycles. The third kappa shape index (κ3) is 4.95. The van der Waals surface area contributed by atoms with E-state index < -0.39 is 0 Å². The first-order chi connectivity index (χ1) is 14.5. The highest BCUT2D eigenvalue weighted by Crippen LogP contribution is 2.19. The average Bonchev–Trinajstić information content (AvgIpc) is 3.06. The van der Waals surface area contributed by atoms with E-state index in [4.69, 9.17) is 4.74 Å². The summed E-state index contributed by atoms with van der Waals surface area (Å²) >= 11 is 0. The van der Waals surface area contributed by atoms with Gasteiger partial charge in [0.2, 0.25) is 0 Å². The number of nitrogens with one attached hydrogen (secondary N) is 1. The molecule has 6 heteroatoms. The summed E-state index contributed by atoms with van der Waals surface area (Å²) < 4.78 is 6.82. The maximum Gasteiger partial charge on any atom is 0.341 e. The van der Waals surface area contributed by atoms with E-state index in [0.29, 0.717) is 35.7 Å². The van der Waals surface area contributed by atoms with E-state index in [0.717, 1.165) is 18.5 Å². The van der Waals surface area contributed by atoms with Crippen LogP contribution in [0.15, 0.2) is 54.6 Å². The molecule has 1 aromatic heterocycles. The minimum Gasteiger partial charge on any atom is -0.462 e. The number of hydrogen-bond donors (Lipinski definition) is 1. The molecule has 3 aromatic rings. The van der Waals surface area contributed by atoms with Crippen LogP contribution in [0.2, 0.25) is 0 Å². The van der Waals surface area contributed by atoms with Gasteiger partial charge < -0.3 is 10.1 Å². The summed E-state index contributed by atoms with van der Waals surface area (Å²) in [4.78, 5) is 24.6. The zero-order valence-electron chi connectivity index (χ0n) is 17.6. The molecule has 1 N–H and O–H groups in total. The molecule has 30 heavy (non-hydrogen) atoms. The zero-order chi connectivity index (χ0) is 21.5. The van der Waals surface area contributed by atoms with Crippen molar-refractivity contribution >= 4 is 11.9 Å². The van der Waals surface area contributed by atoms with Gasteiger partial charge in [-0.05, 0) is 63.4 Å². The standard InChI is InChI=1S/C24H27N3O3/c1-4-30-24(29)22-17(2)26-27(18(22)3)21-14-12-20(13-15-21)23(28)25-16-8-11-19-9-6-5-7-10-19/h5-7,9-10,12-15H,4,8,11,16H2,1-3H3,(H,25,28). The van der Waals surface area contributed by atoms with Gasteiger partial charge in [0.15, 0.2) is 0 Å². The van der Waals surface area contributed by atoms with Crippen LogP contribution in [0.25, 0.3) is 5.69 Å². The number of nitrogens with zero attached hydrogens (tertiary/aromatic N) is 2. The molecule has 1 amide bonds. The van der Waals surface area contributed by atoms with E-state index >= 15 is 0 Å². The van der Waals surface area contributed by atoms with Crippen LogP contribution in [0.5, 0.6) is 0 Å². The van der Waals surface area contributed by atoms with Gasteiger partial charge in [0, 0.05) is 12.1 Å². The molecule has 0 saturated carbocycles. The van der Waals surface area contributed by atoms with E-state index in [9.17, 15) is 9.59 Å². The SMILES string of the molecule is CCOC(=O)c1c(C)nn(-c2ccc(C(=O)NCCCc3ccccc3)cc2)c1C. The molecule has 0 aliphatic rings. The van der Waals surface area contributed by atoms with E-state index in [2.05, 4.69) is 22.5 Å². The quantitative estimate of drug-likeness (QED) is 0.454. The fourth-order valence-corrected chi connectivity index (χ4v) is 3.39. The highest BCUT2D eigenvalue weighted by Gasteiger charge is 2.20. The fraction of sp³-hybridized carbons (Fsp3) is 0.292. The molecule has 156 valence electrons. The van der Waals surface area contributed by atoms with Crippen molar-refractivity contribution in [1.29, 1.82) is 0 Å². The van der Waals surface area contributed by atoms with Gasteiger partial charge in [-0.2, -0.15) is 5.10 Å². The Bertz CT molecular complexity index is 1010. The lowest BCUT2D eigenvalue weighted by molar-refractivity contribution is 0.0524. The van der Waals surface area contributed by atoms with Gasteiger partial charge in [0.25, 0.3) is 5.91 Å². The van der Waals surface area contributed by atoms with Gasteiger partial charge in [-0.25, -0.2) is 9.48 Å². The Labute approximate surface area is 176 Å². The molecule has 0 aliphatic carbocycles. The number of ether oxygens (including phenoxy) is 1. The Balaban J connectivity index is 1.61. The average molecular weight is 405 g/mol. The van der Waals surface area contributed by atoms with Gasteiger partial charge in [-0.15, -0.1) is 0 Å². The maximum absolute atomic E-state index is 12.4. The molecule has 0 aliphatic heterocycles. The predicted molar refractivity (Wildman–Crippen MR) is 116 cm³/mol. The first-order valence-electron chi connectivity index (χ1n) is 10.2. The second-order valence-corrected chi connectivity index (χ2v) is 7.07. The summed E-state index contributed by atoms with van der Waals surface area (Å²) in [5.41, 5.74) is 4.45. The minimum atomic E-state index is -0.370. The molecule has 3 rings (SSSR count). The second kappa shape index (κ2) is 9.87. The lowest BCUT2D eigenvalue weighted by Crippen LogP contribution is -2.24. The highest BCUT2D eigenvalue weighted by atomic mass is 16.5. The predicted octanol–water partition coefficient (Wildman–Crippen LogP) is 4.03. The number of rotatable bonds is 8. The normalized spacial score (nSPS) is 10.6. The molecule has 0 unspecified atom stereocenters. The number of esters is 1. The molecule has 0 fully saturated rings. The van der Waals surface area contributed by atoms with E-state index in [1.54, 1.807) is 30.7 Å². The third-order valence-electron chi connectivity index (χ3n) is 4.92. The Kier molecular flexibility index (Phi) is 7.01. The van der Waals surface area contributed by atoms with Crippen LogP contribution in [0, 0.1) is 13.8 Å². The topological polar surface area (TPSA) is 73.2 Å². The van der Waals surface area contributed by atoms with Crippen LogP contribution in [0.3, 0.4) is 0 Å². The number of benzene rings is 2. The van der Waals surface area contributed by atoms with Crippen LogP contribution in [0.1, 0.15) is 51.0 Å². The third-order valence-corrected chi connectivity index (χ3v) is 4.92. The van der Waals surface area contributed by atoms with Gasteiger partial charge in [0.1, 0.15) is 5.56 Å². The van der Waals surface area contributed by atoms with Crippen molar-refractivity contribution in [2.24, 2.45) is 0 Å². The summed E-state index contributed by atoms with van der Waals surface area (Å²) in [6.45, 7) is 6.33. The first kappa shape index (κ1) is 21.3. The minimum absolute atomic E-state index is 0.102. The summed E-state index contributed by atoms with van der Waals surface area (Å²) in [5.74, 6) is -0.472. The van der Waals surface area contributed by atoms with Crippen molar-refractivity contribution in [3.05, 3.63) is 82.7 Å². The zero-order valence-corrected chi connectivity index (χ0v) is 17.6. The largest absolute Gasteiger partial charge is 0.462 e. The van der Waals surface area contributed by atoms with Crippen molar-refractivity contribution in [2.45, 2.75) is 33.6 Å². The number of aromatic nitrogens is 2. The Morgan fingerprint density at radius 1 is 1.03 bits per heavy atom. The van der Waals surface area contributed by atoms with Crippen LogP contribution in [-0.2, 0) is 11.2 Å². The summed E-state index contributed by atoms with van der Waals surface area (Å²) in [6, 6.07) is 17.4. The molecule has 0 bridgehead atoms. The van der Waals surface area contributed by atoms with Crippen LogP contribution in [-0.4, -0.2) is 34.8 Å². The second-order valence-electron chi connectivity index (χ2n) is 7.07. The molecule has 0 saturated heterocycles. The number of hydrogen-bond acceptors (Lipinski definition) is 4. The number of carbonyl (C=O) groups excluding carboxylic acids is 2. The molecule has 0 radical (unpaired) electrons. The van der Waals surface area contributed by atoms with E-state index in [1.165, 1.54) is 5.56 Å². The molecule has 0 atom stereocenters. The molecule has 6 nitrogen and oxygen atoms in total. The van der Waals surface area contributed by atoms with Crippen molar-refractivity contribution < 1.29 is 14.3 Å². The Morgan fingerprint density at radius 2 is 1.73 bits per heavy atom. The van der Waals surface area contributed by atoms with Crippen LogP contribution >= 0.6 is 0 Å². The number of amides is 1. The first-order valence-corrected chi connectivity index (χ1v) is 10.2. The molecular weight excluding hydrogens is 378 g/mol. The lowest BCUT2D eigenvalue weighted by Gasteiger charge is -2.08. The smallest absolute Gasteiger partial charge is 0.341 e. The Hall–Kier alpha value is -3.41. The fourth-order valence-electron chi connectivity index (χ4n) is 3.39. The number of aryl methyl sites for hydroxylation is 2.